The average molecular weight is 354 g/mol. The van der Waals surface area contributed by atoms with Gasteiger partial charge >= 0.3 is 0 Å². The van der Waals surface area contributed by atoms with Gasteiger partial charge in [0.15, 0.2) is 17.5 Å². The number of rotatable bonds is 7. The fourth-order valence-electron chi connectivity index (χ4n) is 2.58. The van der Waals surface area contributed by atoms with Crippen LogP contribution in [0.5, 0.6) is 17.4 Å². The molecule has 2 atom stereocenters. The van der Waals surface area contributed by atoms with Gasteiger partial charge < -0.3 is 20.1 Å². The van der Waals surface area contributed by atoms with Gasteiger partial charge in [-0.3, -0.25) is 4.99 Å². The molecule has 6 heteroatoms. The summed E-state index contributed by atoms with van der Waals surface area (Å²) in [4.78, 5) is 8.64. The molecule has 0 amide bonds. The lowest BCUT2D eigenvalue weighted by atomic mass is 10.3. The molecule has 1 aromatic heterocycles. The first-order valence-corrected chi connectivity index (χ1v) is 9.01. The number of aromatic nitrogens is 1. The molecule has 1 heterocycles. The molecule has 0 radical (unpaired) electrons. The Morgan fingerprint density at radius 2 is 2.00 bits per heavy atom. The lowest BCUT2D eigenvalue weighted by Crippen LogP contribution is -2.38. The van der Waals surface area contributed by atoms with Crippen molar-refractivity contribution >= 4 is 5.96 Å². The van der Waals surface area contributed by atoms with Gasteiger partial charge in [0.05, 0.1) is 6.61 Å². The number of hydrogen-bond donors (Lipinski definition) is 2. The quantitative estimate of drug-likeness (QED) is 0.590. The van der Waals surface area contributed by atoms with Gasteiger partial charge in [0.2, 0.25) is 5.88 Å². The largest absolute Gasteiger partial charge is 0.490 e. The summed E-state index contributed by atoms with van der Waals surface area (Å²) in [6.07, 6.45) is 3.01. The van der Waals surface area contributed by atoms with E-state index in [0.29, 0.717) is 36.6 Å². The maximum Gasteiger partial charge on any atom is 0.219 e. The van der Waals surface area contributed by atoms with Crippen molar-refractivity contribution < 1.29 is 9.47 Å². The number of hydrogen-bond acceptors (Lipinski definition) is 4. The second-order valence-electron chi connectivity index (χ2n) is 6.38. The Morgan fingerprint density at radius 3 is 2.62 bits per heavy atom. The zero-order valence-electron chi connectivity index (χ0n) is 15.5. The molecular weight excluding hydrogens is 328 g/mol. The van der Waals surface area contributed by atoms with Gasteiger partial charge in [0.25, 0.3) is 0 Å². The zero-order chi connectivity index (χ0) is 18.4. The van der Waals surface area contributed by atoms with E-state index >= 15 is 0 Å². The third-order valence-electron chi connectivity index (χ3n) is 4.28. The Balaban J connectivity index is 1.55. The molecule has 1 aliphatic carbocycles. The highest BCUT2D eigenvalue weighted by atomic mass is 16.5. The van der Waals surface area contributed by atoms with Gasteiger partial charge in [-0.05, 0) is 37.0 Å². The third-order valence-corrected chi connectivity index (χ3v) is 4.28. The SMILES string of the molecule is CCOc1ccccc1Oc1ccc(CNC(=NC)NC2CC2C)cn1. The fraction of sp³-hybridized carbons (Fsp3) is 0.400. The summed E-state index contributed by atoms with van der Waals surface area (Å²) in [7, 11) is 1.79. The Morgan fingerprint density at radius 1 is 1.23 bits per heavy atom. The Kier molecular flexibility index (Phi) is 5.94. The van der Waals surface area contributed by atoms with Crippen molar-refractivity contribution in [3.63, 3.8) is 0 Å². The fourth-order valence-corrected chi connectivity index (χ4v) is 2.58. The van der Waals surface area contributed by atoms with Crippen LogP contribution in [0.15, 0.2) is 47.6 Å². The number of benzene rings is 1. The van der Waals surface area contributed by atoms with Crippen molar-refractivity contribution in [1.82, 2.24) is 15.6 Å². The minimum absolute atomic E-state index is 0.537. The highest BCUT2D eigenvalue weighted by molar-refractivity contribution is 5.80. The molecule has 138 valence electrons. The Bertz CT molecular complexity index is 746. The normalized spacial score (nSPS) is 19.0. The van der Waals surface area contributed by atoms with Crippen LogP contribution in [-0.2, 0) is 6.54 Å². The summed E-state index contributed by atoms with van der Waals surface area (Å²) in [5.41, 5.74) is 1.06. The predicted molar refractivity (Wildman–Crippen MR) is 103 cm³/mol. The smallest absolute Gasteiger partial charge is 0.219 e. The molecular formula is C20H26N4O2. The number of nitrogens with zero attached hydrogens (tertiary/aromatic N) is 2. The predicted octanol–water partition coefficient (Wildman–Crippen LogP) is 3.35. The van der Waals surface area contributed by atoms with Gasteiger partial charge in [-0.25, -0.2) is 4.98 Å². The van der Waals surface area contributed by atoms with Crippen LogP contribution < -0.4 is 20.1 Å². The number of ether oxygens (including phenoxy) is 2. The van der Waals surface area contributed by atoms with Crippen LogP contribution in [0.25, 0.3) is 0 Å². The summed E-state index contributed by atoms with van der Waals surface area (Å²) < 4.78 is 11.4. The number of aliphatic imine (C=N–C) groups is 1. The first-order chi connectivity index (χ1) is 12.7. The number of guanidine groups is 1. The molecule has 2 unspecified atom stereocenters. The van der Waals surface area contributed by atoms with E-state index in [1.165, 1.54) is 6.42 Å². The first kappa shape index (κ1) is 18.0. The van der Waals surface area contributed by atoms with Crippen LogP contribution >= 0.6 is 0 Å². The minimum atomic E-state index is 0.537. The van der Waals surface area contributed by atoms with Crippen LogP contribution in [-0.4, -0.2) is 30.6 Å². The van der Waals surface area contributed by atoms with Gasteiger partial charge in [-0.1, -0.05) is 25.1 Å². The second-order valence-corrected chi connectivity index (χ2v) is 6.38. The van der Waals surface area contributed by atoms with Crippen molar-refractivity contribution in [2.45, 2.75) is 32.9 Å². The van der Waals surface area contributed by atoms with Crippen molar-refractivity contribution in [2.24, 2.45) is 10.9 Å². The molecule has 0 spiro atoms. The van der Waals surface area contributed by atoms with Crippen molar-refractivity contribution in [3.8, 4) is 17.4 Å². The van der Waals surface area contributed by atoms with Crippen LogP contribution in [0.2, 0.25) is 0 Å². The Labute approximate surface area is 154 Å². The zero-order valence-corrected chi connectivity index (χ0v) is 15.5. The molecule has 1 fully saturated rings. The standard InChI is InChI=1S/C20H26N4O2/c1-4-25-17-7-5-6-8-18(17)26-19-10-9-15(12-22-19)13-23-20(21-3)24-16-11-14(16)2/h5-10,12,14,16H,4,11,13H2,1-3H3,(H2,21,23,24). The highest BCUT2D eigenvalue weighted by Gasteiger charge is 2.33. The molecule has 3 rings (SSSR count). The molecule has 2 aromatic rings. The number of pyridine rings is 1. The van der Waals surface area contributed by atoms with Crippen LogP contribution in [0.1, 0.15) is 25.8 Å². The van der Waals surface area contributed by atoms with E-state index < -0.39 is 0 Å². The Hall–Kier alpha value is -2.76. The van der Waals surface area contributed by atoms with Gasteiger partial charge in [0, 0.05) is 31.9 Å². The van der Waals surface area contributed by atoms with Gasteiger partial charge in [-0.2, -0.15) is 0 Å². The molecule has 1 aliphatic rings. The number of nitrogens with one attached hydrogen (secondary N) is 2. The van der Waals surface area contributed by atoms with E-state index in [9.17, 15) is 0 Å². The summed E-state index contributed by atoms with van der Waals surface area (Å²) in [5.74, 6) is 3.47. The van der Waals surface area contributed by atoms with Crippen molar-refractivity contribution in [1.29, 1.82) is 0 Å². The topological polar surface area (TPSA) is 67.8 Å². The van der Waals surface area contributed by atoms with E-state index in [2.05, 4.69) is 27.5 Å². The molecule has 0 bridgehead atoms. The van der Waals surface area contributed by atoms with Crippen LogP contribution in [0.4, 0.5) is 0 Å². The van der Waals surface area contributed by atoms with Crippen molar-refractivity contribution in [2.75, 3.05) is 13.7 Å². The second kappa shape index (κ2) is 8.56. The lowest BCUT2D eigenvalue weighted by molar-refractivity contribution is 0.319. The minimum Gasteiger partial charge on any atom is -0.490 e. The third kappa shape index (κ3) is 4.88. The molecule has 0 aliphatic heterocycles. The van der Waals surface area contributed by atoms with Crippen LogP contribution in [0, 0.1) is 5.92 Å². The molecule has 6 nitrogen and oxygen atoms in total. The maximum absolute atomic E-state index is 5.84. The van der Waals surface area contributed by atoms with Crippen molar-refractivity contribution in [3.05, 3.63) is 48.2 Å². The molecule has 2 N–H and O–H groups in total. The number of para-hydroxylation sites is 2. The maximum atomic E-state index is 5.84. The van der Waals surface area contributed by atoms with E-state index in [1.807, 2.05) is 43.3 Å². The molecule has 1 aromatic carbocycles. The summed E-state index contributed by atoms with van der Waals surface area (Å²) in [5, 5.41) is 6.71. The van der Waals surface area contributed by atoms with E-state index in [4.69, 9.17) is 9.47 Å². The van der Waals surface area contributed by atoms with Gasteiger partial charge in [-0.15, -0.1) is 0 Å². The molecule has 26 heavy (non-hydrogen) atoms. The lowest BCUT2D eigenvalue weighted by Gasteiger charge is -2.12. The first-order valence-electron chi connectivity index (χ1n) is 9.01. The summed E-state index contributed by atoms with van der Waals surface area (Å²) in [6, 6.07) is 12.0. The summed E-state index contributed by atoms with van der Waals surface area (Å²) in [6.45, 7) is 5.43. The summed E-state index contributed by atoms with van der Waals surface area (Å²) >= 11 is 0. The van der Waals surface area contributed by atoms with E-state index in [0.717, 1.165) is 17.4 Å². The molecule has 0 saturated heterocycles. The van der Waals surface area contributed by atoms with Crippen LogP contribution in [0.3, 0.4) is 0 Å². The highest BCUT2D eigenvalue weighted by Crippen LogP contribution is 2.30. The van der Waals surface area contributed by atoms with E-state index in [-0.39, 0.29) is 0 Å². The monoisotopic (exact) mass is 354 g/mol. The van der Waals surface area contributed by atoms with E-state index in [1.54, 1.807) is 13.2 Å². The average Bonchev–Trinajstić information content (AvgIpc) is 3.36. The molecule has 1 saturated carbocycles. The van der Waals surface area contributed by atoms with Gasteiger partial charge in [0.1, 0.15) is 0 Å².